The third-order valence-electron chi connectivity index (χ3n) is 3.87. The number of nitrogens with zero attached hydrogens (tertiary/aromatic N) is 1. The normalized spacial score (nSPS) is 15.1. The van der Waals surface area contributed by atoms with E-state index in [-0.39, 0.29) is 27.5 Å². The fourth-order valence-corrected chi connectivity index (χ4v) is 3.35. The molecule has 148 valence electrons. The predicted octanol–water partition coefficient (Wildman–Crippen LogP) is 2.90. The summed E-state index contributed by atoms with van der Waals surface area (Å²) in [6, 6.07) is 9.02. The van der Waals surface area contributed by atoms with E-state index >= 15 is 0 Å². The van der Waals surface area contributed by atoms with Crippen molar-refractivity contribution >= 4 is 46.5 Å². The number of carbonyl (C=O) groups excluding carboxylic acids is 3. The van der Waals surface area contributed by atoms with Crippen molar-refractivity contribution < 1.29 is 33.8 Å². The Kier molecular flexibility index (Phi) is 5.64. The van der Waals surface area contributed by atoms with Crippen LogP contribution in [0.4, 0.5) is 14.9 Å². The number of carboxylic acid groups (broad SMARTS) is 1. The van der Waals surface area contributed by atoms with Crippen LogP contribution < -0.4 is 5.32 Å². The molecule has 0 atom stereocenters. The Bertz CT molecular complexity index is 1070. The molecule has 10 heteroatoms. The third-order valence-corrected chi connectivity index (χ3v) is 4.78. The van der Waals surface area contributed by atoms with Crippen molar-refractivity contribution in [3.05, 3.63) is 64.3 Å². The smallest absolute Gasteiger partial charge is 0.337 e. The number of imide groups is 1. The lowest BCUT2D eigenvalue weighted by molar-refractivity contribution is -0.127. The Labute approximate surface area is 167 Å². The quantitative estimate of drug-likeness (QED) is 0.506. The zero-order valence-corrected chi connectivity index (χ0v) is 15.4. The average molecular weight is 416 g/mol. The van der Waals surface area contributed by atoms with Crippen LogP contribution in [0.3, 0.4) is 0 Å². The summed E-state index contributed by atoms with van der Waals surface area (Å²) in [6.07, 6.45) is 1.22. The molecular formula is C19H13FN2O6S. The summed E-state index contributed by atoms with van der Waals surface area (Å²) in [5.41, 5.74) is -0.334. The van der Waals surface area contributed by atoms with E-state index in [1.54, 1.807) is 6.07 Å². The van der Waals surface area contributed by atoms with E-state index in [1.165, 1.54) is 36.4 Å². The highest BCUT2D eigenvalue weighted by molar-refractivity contribution is 8.18. The molecule has 2 aromatic rings. The number of carboxylic acids is 1. The summed E-state index contributed by atoms with van der Waals surface area (Å²) < 4.78 is 13.8. The lowest BCUT2D eigenvalue weighted by Gasteiger charge is -2.13. The minimum atomic E-state index is -1.38. The van der Waals surface area contributed by atoms with Crippen molar-refractivity contribution in [3.63, 3.8) is 0 Å². The molecule has 0 bridgehead atoms. The standard InChI is InChI=1S/C19H13FN2O6S/c20-13-4-2-1-3-10(13)7-15-17(25)22(19(28)29-15)9-16(24)21-14-6-5-11(23)8-12(14)18(26)27/h1-8,23H,9H2,(H,21,24)(H,26,27)/b15-7+. The maximum absolute atomic E-state index is 13.8. The highest BCUT2D eigenvalue weighted by Crippen LogP contribution is 2.32. The van der Waals surface area contributed by atoms with Crippen LogP contribution in [0.2, 0.25) is 0 Å². The Morgan fingerprint density at radius 3 is 2.59 bits per heavy atom. The van der Waals surface area contributed by atoms with Crippen molar-refractivity contribution in [2.45, 2.75) is 0 Å². The van der Waals surface area contributed by atoms with Gasteiger partial charge in [0.2, 0.25) is 5.91 Å². The highest BCUT2D eigenvalue weighted by Gasteiger charge is 2.36. The topological polar surface area (TPSA) is 124 Å². The summed E-state index contributed by atoms with van der Waals surface area (Å²) in [5.74, 6) is -3.82. The Balaban J connectivity index is 1.75. The number of benzene rings is 2. The fraction of sp³-hybridized carbons (Fsp3) is 0.0526. The first-order valence-corrected chi connectivity index (χ1v) is 8.94. The zero-order valence-electron chi connectivity index (χ0n) is 14.6. The first-order valence-electron chi connectivity index (χ1n) is 8.12. The fourth-order valence-electron chi connectivity index (χ4n) is 2.52. The SMILES string of the molecule is O=C(CN1C(=O)S/C(=C/c2ccccc2F)C1=O)Nc1ccc(O)cc1C(=O)O. The largest absolute Gasteiger partial charge is 0.508 e. The number of hydrogen-bond acceptors (Lipinski definition) is 6. The van der Waals surface area contributed by atoms with E-state index < -0.39 is 35.4 Å². The molecule has 8 nitrogen and oxygen atoms in total. The van der Waals surface area contributed by atoms with E-state index in [1.807, 2.05) is 0 Å². The summed E-state index contributed by atoms with van der Waals surface area (Å²) in [6.45, 7) is -0.654. The number of rotatable bonds is 5. The van der Waals surface area contributed by atoms with Gasteiger partial charge in [-0.25, -0.2) is 9.18 Å². The van der Waals surface area contributed by atoms with Crippen LogP contribution in [0.5, 0.6) is 5.75 Å². The predicted molar refractivity (Wildman–Crippen MR) is 103 cm³/mol. The van der Waals surface area contributed by atoms with Gasteiger partial charge in [0.1, 0.15) is 18.1 Å². The van der Waals surface area contributed by atoms with Crippen LogP contribution in [0, 0.1) is 5.82 Å². The number of anilines is 1. The van der Waals surface area contributed by atoms with Crippen LogP contribution in [0.15, 0.2) is 47.4 Å². The first kappa shape index (κ1) is 20.1. The molecule has 3 amide bonds. The molecule has 0 unspecified atom stereocenters. The van der Waals surface area contributed by atoms with Crippen molar-refractivity contribution in [2.75, 3.05) is 11.9 Å². The van der Waals surface area contributed by atoms with E-state index in [9.17, 15) is 28.7 Å². The molecule has 1 aliphatic rings. The van der Waals surface area contributed by atoms with E-state index in [4.69, 9.17) is 5.11 Å². The van der Waals surface area contributed by atoms with Crippen molar-refractivity contribution in [3.8, 4) is 5.75 Å². The van der Waals surface area contributed by atoms with Crippen LogP contribution in [-0.2, 0) is 9.59 Å². The van der Waals surface area contributed by atoms with Crippen molar-refractivity contribution in [2.24, 2.45) is 0 Å². The third kappa shape index (κ3) is 4.43. The number of nitrogens with one attached hydrogen (secondary N) is 1. The van der Waals surface area contributed by atoms with Crippen molar-refractivity contribution in [1.29, 1.82) is 0 Å². The van der Waals surface area contributed by atoms with Gasteiger partial charge in [0.15, 0.2) is 0 Å². The molecule has 1 heterocycles. The molecule has 2 aromatic carbocycles. The van der Waals surface area contributed by atoms with Gasteiger partial charge in [0.25, 0.3) is 11.1 Å². The second-order valence-electron chi connectivity index (χ2n) is 5.87. The second kappa shape index (κ2) is 8.15. The van der Waals surface area contributed by atoms with Gasteiger partial charge in [-0.2, -0.15) is 0 Å². The van der Waals surface area contributed by atoms with Crippen LogP contribution in [0.1, 0.15) is 15.9 Å². The van der Waals surface area contributed by atoms with Crippen molar-refractivity contribution in [1.82, 2.24) is 4.90 Å². The average Bonchev–Trinajstić information content (AvgIpc) is 2.92. The number of carbonyl (C=O) groups is 4. The maximum Gasteiger partial charge on any atom is 0.337 e. The van der Waals surface area contributed by atoms with Crippen LogP contribution in [-0.4, -0.2) is 44.7 Å². The second-order valence-corrected chi connectivity index (χ2v) is 6.87. The van der Waals surface area contributed by atoms with E-state index in [2.05, 4.69) is 5.32 Å². The lowest BCUT2D eigenvalue weighted by atomic mass is 10.1. The zero-order chi connectivity index (χ0) is 21.1. The number of thioether (sulfide) groups is 1. The molecular weight excluding hydrogens is 403 g/mol. The molecule has 1 fully saturated rings. The number of amides is 3. The number of aromatic hydroxyl groups is 1. The molecule has 0 aliphatic carbocycles. The highest BCUT2D eigenvalue weighted by atomic mass is 32.2. The van der Waals surface area contributed by atoms with Crippen LogP contribution >= 0.6 is 11.8 Å². The van der Waals surface area contributed by atoms with Gasteiger partial charge in [-0.1, -0.05) is 18.2 Å². The van der Waals surface area contributed by atoms with Gasteiger partial charge in [-0.05, 0) is 42.1 Å². The molecule has 1 aliphatic heterocycles. The van der Waals surface area contributed by atoms with E-state index in [0.717, 1.165) is 6.07 Å². The first-order chi connectivity index (χ1) is 13.8. The molecule has 3 N–H and O–H groups in total. The van der Waals surface area contributed by atoms with Gasteiger partial charge >= 0.3 is 5.97 Å². The molecule has 0 saturated carbocycles. The van der Waals surface area contributed by atoms with Crippen LogP contribution in [0.25, 0.3) is 6.08 Å². The van der Waals surface area contributed by atoms with Gasteiger partial charge in [-0.15, -0.1) is 0 Å². The summed E-state index contributed by atoms with van der Waals surface area (Å²) in [7, 11) is 0. The number of halogens is 1. The van der Waals surface area contributed by atoms with E-state index in [0.29, 0.717) is 16.7 Å². The molecule has 0 radical (unpaired) electrons. The van der Waals surface area contributed by atoms with Gasteiger partial charge in [0, 0.05) is 5.56 Å². The molecule has 1 saturated heterocycles. The summed E-state index contributed by atoms with van der Waals surface area (Å²) >= 11 is 0.568. The number of aromatic carboxylic acids is 1. The molecule has 0 aromatic heterocycles. The van der Waals surface area contributed by atoms with Gasteiger partial charge in [-0.3, -0.25) is 19.3 Å². The Morgan fingerprint density at radius 1 is 1.17 bits per heavy atom. The Morgan fingerprint density at radius 2 is 1.90 bits per heavy atom. The molecule has 3 rings (SSSR count). The van der Waals surface area contributed by atoms with Gasteiger partial charge < -0.3 is 15.5 Å². The molecule has 0 spiro atoms. The number of hydrogen-bond donors (Lipinski definition) is 3. The van der Waals surface area contributed by atoms with Gasteiger partial charge in [0.05, 0.1) is 16.2 Å². The number of phenolic OH excluding ortho intramolecular Hbond substituents is 1. The monoisotopic (exact) mass is 416 g/mol. The Hall–Kier alpha value is -3.66. The summed E-state index contributed by atoms with van der Waals surface area (Å²) in [5, 5.41) is 20.1. The number of phenols is 1. The lowest BCUT2D eigenvalue weighted by Crippen LogP contribution is -2.36. The maximum atomic E-state index is 13.8. The molecule has 29 heavy (non-hydrogen) atoms. The summed E-state index contributed by atoms with van der Waals surface area (Å²) in [4.78, 5) is 48.6. The minimum Gasteiger partial charge on any atom is -0.508 e. The minimum absolute atomic E-state index is 0.0382.